The SMILES string of the molecule is COc1ccc2c(c1)OC[C@@H]1c3cc(O)c(OCC4CCCCC4)cc3O[C@H]21. The van der Waals surface area contributed by atoms with Crippen LogP contribution in [0.25, 0.3) is 0 Å². The molecular formula is C23H26O5. The molecule has 0 aromatic heterocycles. The first-order valence-electron chi connectivity index (χ1n) is 10.2. The number of phenolic OH excluding ortho intramolecular Hbond substituents is 1. The minimum atomic E-state index is -0.113. The highest BCUT2D eigenvalue weighted by atomic mass is 16.5. The van der Waals surface area contributed by atoms with Crippen molar-refractivity contribution in [2.45, 2.75) is 44.1 Å². The first kappa shape index (κ1) is 17.5. The largest absolute Gasteiger partial charge is 0.504 e. The van der Waals surface area contributed by atoms with Crippen LogP contribution in [0.5, 0.6) is 28.7 Å². The molecule has 1 N–H and O–H groups in total. The second-order valence-electron chi connectivity index (χ2n) is 8.03. The Hall–Kier alpha value is -2.56. The number of fused-ring (bicyclic) bond motifs is 5. The molecule has 5 rings (SSSR count). The fourth-order valence-electron chi connectivity index (χ4n) is 4.66. The molecule has 2 atom stereocenters. The number of rotatable bonds is 4. The van der Waals surface area contributed by atoms with Crippen molar-refractivity contribution in [1.29, 1.82) is 0 Å². The molecule has 5 nitrogen and oxygen atoms in total. The lowest BCUT2D eigenvalue weighted by Gasteiger charge is -2.28. The molecule has 28 heavy (non-hydrogen) atoms. The Balaban J connectivity index is 1.37. The van der Waals surface area contributed by atoms with Crippen molar-refractivity contribution in [3.63, 3.8) is 0 Å². The van der Waals surface area contributed by atoms with Gasteiger partial charge >= 0.3 is 0 Å². The number of hydrogen-bond donors (Lipinski definition) is 1. The molecule has 3 aliphatic rings. The number of methoxy groups -OCH3 is 1. The lowest BCUT2D eigenvalue weighted by Crippen LogP contribution is -2.23. The fourth-order valence-corrected chi connectivity index (χ4v) is 4.66. The van der Waals surface area contributed by atoms with E-state index in [2.05, 4.69) is 0 Å². The van der Waals surface area contributed by atoms with E-state index in [9.17, 15) is 5.11 Å². The van der Waals surface area contributed by atoms with Crippen LogP contribution < -0.4 is 18.9 Å². The molecule has 1 saturated carbocycles. The van der Waals surface area contributed by atoms with Gasteiger partial charge in [0.25, 0.3) is 0 Å². The summed E-state index contributed by atoms with van der Waals surface area (Å²) in [6.07, 6.45) is 6.19. The zero-order chi connectivity index (χ0) is 19.1. The van der Waals surface area contributed by atoms with Crippen LogP contribution in [0.3, 0.4) is 0 Å². The molecule has 2 aliphatic heterocycles. The summed E-state index contributed by atoms with van der Waals surface area (Å²) in [6.45, 7) is 1.17. The highest BCUT2D eigenvalue weighted by Gasteiger charge is 2.41. The van der Waals surface area contributed by atoms with Gasteiger partial charge in [0, 0.05) is 23.3 Å². The van der Waals surface area contributed by atoms with Crippen LogP contribution in [-0.4, -0.2) is 25.4 Å². The molecule has 0 saturated heterocycles. The number of ether oxygens (including phenoxy) is 4. The number of hydrogen-bond acceptors (Lipinski definition) is 5. The molecule has 2 heterocycles. The van der Waals surface area contributed by atoms with Crippen molar-refractivity contribution in [2.24, 2.45) is 5.92 Å². The predicted molar refractivity (Wildman–Crippen MR) is 105 cm³/mol. The van der Waals surface area contributed by atoms with E-state index in [-0.39, 0.29) is 17.8 Å². The third kappa shape index (κ3) is 3.03. The second kappa shape index (κ2) is 7.12. The molecule has 2 aromatic rings. The average molecular weight is 382 g/mol. The molecular weight excluding hydrogens is 356 g/mol. The van der Waals surface area contributed by atoms with Crippen molar-refractivity contribution < 1.29 is 24.1 Å². The van der Waals surface area contributed by atoms with E-state index in [0.29, 0.717) is 24.9 Å². The van der Waals surface area contributed by atoms with Crippen LogP contribution in [-0.2, 0) is 0 Å². The lowest BCUT2D eigenvalue weighted by atomic mass is 9.89. The van der Waals surface area contributed by atoms with Gasteiger partial charge in [-0.15, -0.1) is 0 Å². The molecule has 0 radical (unpaired) electrons. The van der Waals surface area contributed by atoms with Gasteiger partial charge in [0.1, 0.15) is 23.4 Å². The highest BCUT2D eigenvalue weighted by Crippen LogP contribution is 2.53. The van der Waals surface area contributed by atoms with Crippen molar-refractivity contribution in [3.05, 3.63) is 41.5 Å². The first-order valence-corrected chi connectivity index (χ1v) is 10.2. The van der Waals surface area contributed by atoms with Gasteiger partial charge in [-0.1, -0.05) is 19.3 Å². The Morgan fingerprint density at radius 2 is 1.89 bits per heavy atom. The maximum atomic E-state index is 10.5. The van der Waals surface area contributed by atoms with E-state index in [4.69, 9.17) is 18.9 Å². The van der Waals surface area contributed by atoms with Crippen LogP contribution in [0.4, 0.5) is 0 Å². The van der Waals surface area contributed by atoms with E-state index in [1.165, 1.54) is 32.1 Å². The fraction of sp³-hybridized carbons (Fsp3) is 0.478. The number of aromatic hydroxyl groups is 1. The van der Waals surface area contributed by atoms with Gasteiger partial charge in [0.05, 0.1) is 26.2 Å². The van der Waals surface area contributed by atoms with Crippen LogP contribution in [0, 0.1) is 5.92 Å². The third-order valence-electron chi connectivity index (χ3n) is 6.26. The highest BCUT2D eigenvalue weighted by molar-refractivity contribution is 5.56. The van der Waals surface area contributed by atoms with Crippen molar-refractivity contribution >= 4 is 0 Å². The van der Waals surface area contributed by atoms with Crippen LogP contribution in [0.1, 0.15) is 55.3 Å². The summed E-state index contributed by atoms with van der Waals surface area (Å²) in [6, 6.07) is 9.45. The summed E-state index contributed by atoms with van der Waals surface area (Å²) in [7, 11) is 1.65. The molecule has 148 valence electrons. The van der Waals surface area contributed by atoms with E-state index in [1.54, 1.807) is 13.2 Å². The molecule has 1 aliphatic carbocycles. The maximum absolute atomic E-state index is 10.5. The second-order valence-corrected chi connectivity index (χ2v) is 8.03. The van der Waals surface area contributed by atoms with Gasteiger partial charge in [-0.05, 0) is 37.0 Å². The van der Waals surface area contributed by atoms with Gasteiger partial charge in [0.15, 0.2) is 11.5 Å². The first-order chi connectivity index (χ1) is 13.7. The summed E-state index contributed by atoms with van der Waals surface area (Å²) in [5, 5.41) is 10.5. The van der Waals surface area contributed by atoms with Crippen molar-refractivity contribution in [2.75, 3.05) is 20.3 Å². The molecule has 0 bridgehead atoms. The maximum Gasteiger partial charge on any atom is 0.164 e. The molecule has 1 fully saturated rings. The summed E-state index contributed by atoms with van der Waals surface area (Å²) < 4.78 is 23.5. The van der Waals surface area contributed by atoms with E-state index in [0.717, 1.165) is 28.4 Å². The van der Waals surface area contributed by atoms with E-state index in [1.807, 2.05) is 24.3 Å². The smallest absolute Gasteiger partial charge is 0.164 e. The number of phenols is 1. The minimum absolute atomic E-state index is 0.0641. The average Bonchev–Trinajstić information content (AvgIpc) is 3.10. The van der Waals surface area contributed by atoms with E-state index >= 15 is 0 Å². The molecule has 5 heteroatoms. The van der Waals surface area contributed by atoms with Crippen LogP contribution >= 0.6 is 0 Å². The molecule has 0 spiro atoms. The van der Waals surface area contributed by atoms with Crippen LogP contribution in [0.15, 0.2) is 30.3 Å². The Kier molecular flexibility index (Phi) is 4.46. The Labute approximate surface area is 165 Å². The Morgan fingerprint density at radius 1 is 1.04 bits per heavy atom. The van der Waals surface area contributed by atoms with Gasteiger partial charge in [-0.2, -0.15) is 0 Å². The Morgan fingerprint density at radius 3 is 2.71 bits per heavy atom. The van der Waals surface area contributed by atoms with Gasteiger partial charge in [-0.25, -0.2) is 0 Å². The summed E-state index contributed by atoms with van der Waals surface area (Å²) in [5.41, 5.74) is 1.99. The van der Waals surface area contributed by atoms with Crippen molar-refractivity contribution in [1.82, 2.24) is 0 Å². The normalized spacial score (nSPS) is 23.0. The monoisotopic (exact) mass is 382 g/mol. The Bertz CT molecular complexity index is 872. The van der Waals surface area contributed by atoms with Gasteiger partial charge < -0.3 is 24.1 Å². The van der Waals surface area contributed by atoms with Crippen molar-refractivity contribution in [3.8, 4) is 28.7 Å². The standard InChI is InChI=1S/C23H26O5/c1-25-15-7-8-16-20(9-15)27-13-18-17-10-19(24)22(11-21(17)28-23(16)18)26-12-14-5-3-2-4-6-14/h7-11,14,18,23-24H,2-6,12-13H2,1H3/t18-,23-/m1/s1. The third-order valence-corrected chi connectivity index (χ3v) is 6.26. The van der Waals surface area contributed by atoms with Gasteiger partial charge in [0.2, 0.25) is 0 Å². The zero-order valence-electron chi connectivity index (χ0n) is 16.1. The minimum Gasteiger partial charge on any atom is -0.504 e. The number of benzene rings is 2. The molecule has 2 aromatic carbocycles. The lowest BCUT2D eigenvalue weighted by molar-refractivity contribution is 0.139. The van der Waals surface area contributed by atoms with Gasteiger partial charge in [-0.3, -0.25) is 0 Å². The zero-order valence-corrected chi connectivity index (χ0v) is 16.1. The summed E-state index contributed by atoms with van der Waals surface area (Å²) in [4.78, 5) is 0. The quantitative estimate of drug-likeness (QED) is 0.809. The predicted octanol–water partition coefficient (Wildman–Crippen LogP) is 4.97. The molecule has 0 unspecified atom stereocenters. The molecule has 0 amide bonds. The summed E-state index contributed by atoms with van der Waals surface area (Å²) in [5.74, 6) is 3.68. The van der Waals surface area contributed by atoms with E-state index < -0.39 is 0 Å². The topological polar surface area (TPSA) is 57.2 Å². The summed E-state index contributed by atoms with van der Waals surface area (Å²) >= 11 is 0. The van der Waals surface area contributed by atoms with Crippen LogP contribution in [0.2, 0.25) is 0 Å².